The van der Waals surface area contributed by atoms with E-state index in [0.717, 1.165) is 18.8 Å². The summed E-state index contributed by atoms with van der Waals surface area (Å²) in [5.74, 6) is 1.08. The number of hydrogen-bond donors (Lipinski definition) is 0. The molecule has 0 amide bonds. The highest BCUT2D eigenvalue weighted by Crippen LogP contribution is 2.33. The summed E-state index contributed by atoms with van der Waals surface area (Å²) < 4.78 is 3.14. The molecule has 3 aromatic rings. The first-order valence-corrected chi connectivity index (χ1v) is 8.32. The standard InChI is InChI=1S/C16H16N4OS/c21-16-19-8-4-3-7-15(19)17-20(16)10-9-18-11-12-22-14-6-2-1-5-13(14)18/h1-8H,9-12H2. The largest absolute Gasteiger partial charge is 0.368 e. The first-order chi connectivity index (χ1) is 10.8. The monoisotopic (exact) mass is 312 g/mol. The predicted octanol–water partition coefficient (Wildman–Crippen LogP) is 2.11. The fraction of sp³-hybridized carbons (Fsp3) is 0.250. The minimum atomic E-state index is -0.0738. The average Bonchev–Trinajstić information content (AvgIpc) is 2.89. The van der Waals surface area contributed by atoms with Crippen LogP contribution in [0.25, 0.3) is 5.65 Å². The van der Waals surface area contributed by atoms with Gasteiger partial charge in [-0.1, -0.05) is 18.2 Å². The topological polar surface area (TPSA) is 42.5 Å². The molecule has 1 aliphatic rings. The van der Waals surface area contributed by atoms with Crippen molar-refractivity contribution < 1.29 is 0 Å². The van der Waals surface area contributed by atoms with Gasteiger partial charge in [-0.3, -0.25) is 4.40 Å². The second kappa shape index (κ2) is 5.53. The van der Waals surface area contributed by atoms with Gasteiger partial charge in [0.25, 0.3) is 0 Å². The van der Waals surface area contributed by atoms with Crippen LogP contribution in [-0.4, -0.2) is 33.0 Å². The van der Waals surface area contributed by atoms with Gasteiger partial charge in [0.2, 0.25) is 0 Å². The van der Waals surface area contributed by atoms with Crippen LogP contribution in [0.5, 0.6) is 0 Å². The van der Waals surface area contributed by atoms with Gasteiger partial charge in [0.15, 0.2) is 5.65 Å². The molecule has 0 saturated heterocycles. The molecule has 1 aliphatic heterocycles. The number of hydrogen-bond acceptors (Lipinski definition) is 4. The molecule has 0 atom stereocenters. The van der Waals surface area contributed by atoms with E-state index >= 15 is 0 Å². The summed E-state index contributed by atoms with van der Waals surface area (Å²) >= 11 is 1.89. The van der Waals surface area contributed by atoms with Crippen LogP contribution in [0.1, 0.15) is 0 Å². The minimum Gasteiger partial charge on any atom is -0.368 e. The van der Waals surface area contributed by atoms with Gasteiger partial charge >= 0.3 is 5.69 Å². The molecule has 0 bridgehead atoms. The van der Waals surface area contributed by atoms with E-state index in [9.17, 15) is 4.79 Å². The minimum absolute atomic E-state index is 0.0738. The Balaban J connectivity index is 1.58. The van der Waals surface area contributed by atoms with Gasteiger partial charge in [-0.2, -0.15) is 0 Å². The van der Waals surface area contributed by atoms with Crippen molar-refractivity contribution in [2.45, 2.75) is 11.4 Å². The van der Waals surface area contributed by atoms with E-state index in [0.29, 0.717) is 12.2 Å². The Hall–Kier alpha value is -2.21. The maximum absolute atomic E-state index is 12.3. The molecular weight excluding hydrogens is 296 g/mol. The SMILES string of the molecule is O=c1n(CCN2CCSc3ccccc32)nc2ccccn12. The Labute approximate surface area is 132 Å². The summed E-state index contributed by atoms with van der Waals surface area (Å²) in [5, 5.41) is 4.39. The number of rotatable bonds is 3. The Morgan fingerprint density at radius 2 is 1.95 bits per heavy atom. The maximum atomic E-state index is 12.3. The lowest BCUT2D eigenvalue weighted by Gasteiger charge is -2.30. The van der Waals surface area contributed by atoms with Gasteiger partial charge in [0.1, 0.15) is 0 Å². The van der Waals surface area contributed by atoms with Crippen LogP contribution in [0.15, 0.2) is 58.4 Å². The molecule has 3 heterocycles. The number of aromatic nitrogens is 3. The number of nitrogens with zero attached hydrogens (tertiary/aromatic N) is 4. The normalized spacial score (nSPS) is 14.3. The fourth-order valence-electron chi connectivity index (χ4n) is 2.79. The van der Waals surface area contributed by atoms with Gasteiger partial charge in [0, 0.05) is 29.9 Å². The zero-order valence-electron chi connectivity index (χ0n) is 12.1. The molecule has 22 heavy (non-hydrogen) atoms. The summed E-state index contributed by atoms with van der Waals surface area (Å²) in [6, 6.07) is 14.0. The molecule has 112 valence electrons. The highest BCUT2D eigenvalue weighted by Gasteiger charge is 2.17. The van der Waals surface area contributed by atoms with Crippen molar-refractivity contribution >= 4 is 23.1 Å². The Kier molecular flexibility index (Phi) is 3.38. The van der Waals surface area contributed by atoms with Gasteiger partial charge in [-0.05, 0) is 24.3 Å². The summed E-state index contributed by atoms with van der Waals surface area (Å²) in [4.78, 5) is 15.9. The molecule has 0 fully saturated rings. The average molecular weight is 312 g/mol. The van der Waals surface area contributed by atoms with E-state index in [-0.39, 0.29) is 5.69 Å². The van der Waals surface area contributed by atoms with Crippen LogP contribution in [0, 0.1) is 0 Å². The fourth-order valence-corrected chi connectivity index (χ4v) is 3.84. The molecule has 0 aliphatic carbocycles. The van der Waals surface area contributed by atoms with Crippen LogP contribution in [-0.2, 0) is 6.54 Å². The molecular formula is C16H16N4OS. The van der Waals surface area contributed by atoms with Crippen LogP contribution in [0.2, 0.25) is 0 Å². The number of fused-ring (bicyclic) bond motifs is 2. The van der Waals surface area contributed by atoms with Gasteiger partial charge in [-0.25, -0.2) is 9.48 Å². The van der Waals surface area contributed by atoms with E-state index in [1.807, 2.05) is 30.0 Å². The van der Waals surface area contributed by atoms with Crippen molar-refractivity contribution in [3.05, 3.63) is 59.1 Å². The maximum Gasteiger partial charge on any atom is 0.350 e. The molecule has 0 radical (unpaired) electrons. The number of para-hydroxylation sites is 1. The predicted molar refractivity (Wildman–Crippen MR) is 88.8 cm³/mol. The van der Waals surface area contributed by atoms with Crippen molar-refractivity contribution in [2.24, 2.45) is 0 Å². The third-order valence-corrected chi connectivity index (χ3v) is 4.94. The van der Waals surface area contributed by atoms with Gasteiger partial charge in [-0.15, -0.1) is 16.9 Å². The zero-order valence-corrected chi connectivity index (χ0v) is 12.9. The molecule has 5 nitrogen and oxygen atoms in total. The lowest BCUT2D eigenvalue weighted by Crippen LogP contribution is -2.34. The van der Waals surface area contributed by atoms with E-state index in [2.05, 4.69) is 34.3 Å². The van der Waals surface area contributed by atoms with Crippen LogP contribution < -0.4 is 10.6 Å². The quantitative estimate of drug-likeness (QED) is 0.743. The molecule has 6 heteroatoms. The van der Waals surface area contributed by atoms with Crippen molar-refractivity contribution in [2.75, 3.05) is 23.7 Å². The highest BCUT2D eigenvalue weighted by atomic mass is 32.2. The summed E-state index contributed by atoms with van der Waals surface area (Å²) in [6.45, 7) is 2.39. The third kappa shape index (κ3) is 2.29. The number of pyridine rings is 1. The third-order valence-electron chi connectivity index (χ3n) is 3.89. The van der Waals surface area contributed by atoms with Crippen molar-refractivity contribution in [1.82, 2.24) is 14.2 Å². The Morgan fingerprint density at radius 3 is 2.86 bits per heavy atom. The lowest BCUT2D eigenvalue weighted by molar-refractivity contribution is 0.580. The van der Waals surface area contributed by atoms with E-state index in [4.69, 9.17) is 0 Å². The Morgan fingerprint density at radius 1 is 1.09 bits per heavy atom. The second-order valence-electron chi connectivity index (χ2n) is 5.24. The summed E-state index contributed by atoms with van der Waals surface area (Å²) in [6.07, 6.45) is 1.76. The molecule has 0 unspecified atom stereocenters. The summed E-state index contributed by atoms with van der Waals surface area (Å²) in [5.41, 5.74) is 1.88. The summed E-state index contributed by atoms with van der Waals surface area (Å²) in [7, 11) is 0. The van der Waals surface area contributed by atoms with Gasteiger partial charge in [0.05, 0.1) is 12.2 Å². The highest BCUT2D eigenvalue weighted by molar-refractivity contribution is 7.99. The lowest BCUT2D eigenvalue weighted by atomic mass is 10.2. The number of benzene rings is 1. The molecule has 1 aromatic carbocycles. The van der Waals surface area contributed by atoms with Crippen LogP contribution in [0.4, 0.5) is 5.69 Å². The first-order valence-electron chi connectivity index (χ1n) is 7.34. The van der Waals surface area contributed by atoms with Gasteiger partial charge < -0.3 is 4.90 Å². The van der Waals surface area contributed by atoms with Crippen molar-refractivity contribution in [1.29, 1.82) is 0 Å². The van der Waals surface area contributed by atoms with E-state index in [1.165, 1.54) is 10.6 Å². The van der Waals surface area contributed by atoms with Crippen molar-refractivity contribution in [3.8, 4) is 0 Å². The van der Waals surface area contributed by atoms with Crippen molar-refractivity contribution in [3.63, 3.8) is 0 Å². The number of anilines is 1. The van der Waals surface area contributed by atoms with Crippen LogP contribution in [0.3, 0.4) is 0 Å². The Bertz CT molecular complexity index is 870. The van der Waals surface area contributed by atoms with E-state index < -0.39 is 0 Å². The molecule has 0 spiro atoms. The van der Waals surface area contributed by atoms with Crippen LogP contribution >= 0.6 is 11.8 Å². The van der Waals surface area contributed by atoms with E-state index in [1.54, 1.807) is 15.3 Å². The number of thioether (sulfide) groups is 1. The zero-order chi connectivity index (χ0) is 14.9. The first kappa shape index (κ1) is 13.5. The smallest absolute Gasteiger partial charge is 0.350 e. The molecule has 4 rings (SSSR count). The second-order valence-corrected chi connectivity index (χ2v) is 6.37. The molecule has 0 saturated carbocycles. The molecule has 2 aromatic heterocycles. The molecule has 0 N–H and O–H groups in total.